The highest BCUT2D eigenvalue weighted by Gasteiger charge is 2.25. The Labute approximate surface area is 148 Å². The van der Waals surface area contributed by atoms with Crippen LogP contribution in [0.1, 0.15) is 43.2 Å². The number of amides is 1. The molecule has 2 heterocycles. The van der Waals surface area contributed by atoms with Crippen LogP contribution in [-0.4, -0.2) is 46.6 Å². The highest BCUT2D eigenvalue weighted by Crippen LogP contribution is 2.21. The molecule has 0 saturated carbocycles. The summed E-state index contributed by atoms with van der Waals surface area (Å²) in [6, 6.07) is 8.62. The van der Waals surface area contributed by atoms with Gasteiger partial charge in [-0.2, -0.15) is 0 Å². The number of likely N-dealkylation sites (tertiary alicyclic amines) is 1. The van der Waals surface area contributed by atoms with E-state index in [1.807, 2.05) is 39.9 Å². The first-order valence-electron chi connectivity index (χ1n) is 8.80. The molecule has 2 aromatic rings. The lowest BCUT2D eigenvalue weighted by molar-refractivity contribution is 0.0713. The van der Waals surface area contributed by atoms with Gasteiger partial charge in [0.25, 0.3) is 5.91 Å². The molecule has 1 fully saturated rings. The fourth-order valence-corrected chi connectivity index (χ4v) is 3.07. The van der Waals surface area contributed by atoms with E-state index in [4.69, 9.17) is 4.74 Å². The molecule has 1 aliphatic rings. The van der Waals surface area contributed by atoms with Gasteiger partial charge in [0.2, 0.25) is 0 Å². The third-order valence-electron chi connectivity index (χ3n) is 4.64. The smallest absolute Gasteiger partial charge is 0.274 e. The van der Waals surface area contributed by atoms with Crippen LogP contribution in [0.2, 0.25) is 0 Å². The highest BCUT2D eigenvalue weighted by molar-refractivity contribution is 5.92. The number of benzene rings is 1. The maximum absolute atomic E-state index is 12.6. The van der Waals surface area contributed by atoms with Crippen LogP contribution in [0.25, 0.3) is 0 Å². The zero-order valence-electron chi connectivity index (χ0n) is 15.1. The van der Waals surface area contributed by atoms with Crippen molar-refractivity contribution in [2.45, 2.75) is 38.8 Å². The predicted molar refractivity (Wildman–Crippen MR) is 98.2 cm³/mol. The number of hydrogen-bond donors (Lipinski definition) is 1. The van der Waals surface area contributed by atoms with Crippen molar-refractivity contribution in [3.05, 3.63) is 42.5 Å². The van der Waals surface area contributed by atoms with Crippen LogP contribution in [0.5, 0.6) is 5.75 Å². The molecule has 1 N–H and O–H groups in total. The number of rotatable bonds is 5. The van der Waals surface area contributed by atoms with Crippen molar-refractivity contribution in [3.8, 4) is 5.75 Å². The van der Waals surface area contributed by atoms with Gasteiger partial charge in [-0.3, -0.25) is 4.79 Å². The van der Waals surface area contributed by atoms with Crippen LogP contribution in [0, 0.1) is 0 Å². The van der Waals surface area contributed by atoms with Gasteiger partial charge in [-0.25, -0.2) is 4.98 Å². The van der Waals surface area contributed by atoms with E-state index in [-0.39, 0.29) is 5.91 Å². The second kappa shape index (κ2) is 7.59. The topological polar surface area (TPSA) is 59.4 Å². The van der Waals surface area contributed by atoms with E-state index >= 15 is 0 Å². The van der Waals surface area contributed by atoms with Crippen LogP contribution in [0.15, 0.2) is 36.8 Å². The average Bonchev–Trinajstić information content (AvgIpc) is 3.12. The molecular formula is C19H26N4O2. The normalized spacial score (nSPS) is 15.4. The van der Waals surface area contributed by atoms with Crippen LogP contribution in [-0.2, 0) is 0 Å². The van der Waals surface area contributed by atoms with Gasteiger partial charge < -0.3 is 19.5 Å². The van der Waals surface area contributed by atoms with Crippen LogP contribution in [0.3, 0.4) is 0 Å². The molecule has 1 aromatic heterocycles. The Balaban J connectivity index is 1.54. The van der Waals surface area contributed by atoms with Crippen molar-refractivity contribution in [2.24, 2.45) is 0 Å². The summed E-state index contributed by atoms with van der Waals surface area (Å²) in [5, 5.41) is 3.54. The summed E-state index contributed by atoms with van der Waals surface area (Å²) in [7, 11) is 1.67. The molecule has 0 unspecified atom stereocenters. The van der Waals surface area contributed by atoms with E-state index < -0.39 is 0 Å². The quantitative estimate of drug-likeness (QED) is 0.906. The number of anilines is 1. The highest BCUT2D eigenvalue weighted by atomic mass is 16.5. The molecule has 0 aliphatic carbocycles. The van der Waals surface area contributed by atoms with Crippen LogP contribution in [0.4, 0.5) is 5.69 Å². The largest absolute Gasteiger partial charge is 0.497 e. The molecule has 0 radical (unpaired) electrons. The van der Waals surface area contributed by atoms with E-state index in [1.165, 1.54) is 0 Å². The molecule has 1 aromatic carbocycles. The molecule has 1 saturated heterocycles. The number of carbonyl (C=O) groups excluding carboxylic acids is 1. The summed E-state index contributed by atoms with van der Waals surface area (Å²) in [6.07, 6.45) is 5.42. The van der Waals surface area contributed by atoms with E-state index in [0.717, 1.165) is 37.4 Å². The molecule has 0 atom stereocenters. The van der Waals surface area contributed by atoms with Gasteiger partial charge >= 0.3 is 0 Å². The first-order valence-corrected chi connectivity index (χ1v) is 8.80. The molecule has 6 heteroatoms. The van der Waals surface area contributed by atoms with E-state index in [0.29, 0.717) is 17.8 Å². The lowest BCUT2D eigenvalue weighted by Gasteiger charge is -2.32. The molecule has 0 spiro atoms. The Bertz CT molecular complexity index is 718. The lowest BCUT2D eigenvalue weighted by atomic mass is 10.0. The van der Waals surface area contributed by atoms with Gasteiger partial charge in [0.1, 0.15) is 11.4 Å². The lowest BCUT2D eigenvalue weighted by Crippen LogP contribution is -2.42. The summed E-state index contributed by atoms with van der Waals surface area (Å²) in [6.45, 7) is 5.64. The summed E-state index contributed by atoms with van der Waals surface area (Å²) in [4.78, 5) is 18.8. The van der Waals surface area contributed by atoms with Crippen LogP contribution < -0.4 is 10.1 Å². The SMILES string of the molecule is COc1cccc(NC2CCN(C(=O)c3cn(C(C)C)cn3)CC2)c1. The Morgan fingerprint density at radius 1 is 1.32 bits per heavy atom. The molecule has 0 bridgehead atoms. The molecular weight excluding hydrogens is 316 g/mol. The maximum Gasteiger partial charge on any atom is 0.274 e. The standard InChI is InChI=1S/C19H26N4O2/c1-14(2)23-12-18(20-13-23)19(24)22-9-7-15(8-10-22)21-16-5-4-6-17(11-16)25-3/h4-6,11-15,21H,7-10H2,1-3H3. The maximum atomic E-state index is 12.6. The zero-order valence-corrected chi connectivity index (χ0v) is 15.1. The van der Waals surface area contributed by atoms with Crippen molar-refractivity contribution in [3.63, 3.8) is 0 Å². The zero-order chi connectivity index (χ0) is 17.8. The first-order chi connectivity index (χ1) is 12.1. The Morgan fingerprint density at radius 2 is 2.08 bits per heavy atom. The van der Waals surface area contributed by atoms with Crippen molar-refractivity contribution in [2.75, 3.05) is 25.5 Å². The molecule has 6 nitrogen and oxygen atoms in total. The number of hydrogen-bond acceptors (Lipinski definition) is 4. The molecule has 134 valence electrons. The Kier molecular flexibility index (Phi) is 5.26. The van der Waals surface area contributed by atoms with Gasteiger partial charge in [-0.1, -0.05) is 6.07 Å². The fraction of sp³-hybridized carbons (Fsp3) is 0.474. The van der Waals surface area contributed by atoms with Crippen molar-refractivity contribution in [1.29, 1.82) is 0 Å². The number of imidazole rings is 1. The second-order valence-corrected chi connectivity index (χ2v) is 6.74. The monoisotopic (exact) mass is 342 g/mol. The number of nitrogens with zero attached hydrogens (tertiary/aromatic N) is 3. The van der Waals surface area contributed by atoms with Gasteiger partial charge in [0.05, 0.1) is 13.4 Å². The average molecular weight is 342 g/mol. The van der Waals surface area contributed by atoms with Gasteiger partial charge in [0, 0.05) is 43.1 Å². The summed E-state index contributed by atoms with van der Waals surface area (Å²) >= 11 is 0. The van der Waals surface area contributed by atoms with Gasteiger partial charge in [0.15, 0.2) is 0 Å². The molecule has 1 amide bonds. The summed E-state index contributed by atoms with van der Waals surface area (Å²) < 4.78 is 7.22. The minimum Gasteiger partial charge on any atom is -0.497 e. The predicted octanol–water partition coefficient (Wildman–Crippen LogP) is 3.19. The molecule has 1 aliphatic heterocycles. The number of aromatic nitrogens is 2. The van der Waals surface area contributed by atoms with E-state index in [2.05, 4.69) is 24.1 Å². The number of ether oxygens (including phenoxy) is 1. The minimum absolute atomic E-state index is 0.0271. The minimum atomic E-state index is 0.0271. The number of nitrogens with one attached hydrogen (secondary N) is 1. The third kappa shape index (κ3) is 4.13. The Morgan fingerprint density at radius 3 is 2.72 bits per heavy atom. The number of carbonyl (C=O) groups is 1. The molecule has 3 rings (SSSR count). The summed E-state index contributed by atoms with van der Waals surface area (Å²) in [5.74, 6) is 0.873. The molecule has 25 heavy (non-hydrogen) atoms. The van der Waals surface area contributed by atoms with Crippen molar-refractivity contribution < 1.29 is 9.53 Å². The van der Waals surface area contributed by atoms with E-state index in [9.17, 15) is 4.79 Å². The second-order valence-electron chi connectivity index (χ2n) is 6.74. The first kappa shape index (κ1) is 17.3. The van der Waals surface area contributed by atoms with Crippen LogP contribution >= 0.6 is 0 Å². The van der Waals surface area contributed by atoms with Gasteiger partial charge in [-0.05, 0) is 38.8 Å². The number of methoxy groups -OCH3 is 1. The van der Waals surface area contributed by atoms with E-state index in [1.54, 1.807) is 13.4 Å². The van der Waals surface area contributed by atoms with Crippen molar-refractivity contribution in [1.82, 2.24) is 14.5 Å². The Hall–Kier alpha value is -2.50. The van der Waals surface area contributed by atoms with Gasteiger partial charge in [-0.15, -0.1) is 0 Å². The fourth-order valence-electron chi connectivity index (χ4n) is 3.07. The number of piperidine rings is 1. The third-order valence-corrected chi connectivity index (χ3v) is 4.64. The van der Waals surface area contributed by atoms with Crippen molar-refractivity contribution >= 4 is 11.6 Å². The summed E-state index contributed by atoms with van der Waals surface area (Å²) in [5.41, 5.74) is 1.59.